The zero-order chi connectivity index (χ0) is 12.1. The summed E-state index contributed by atoms with van der Waals surface area (Å²) < 4.78 is 0. The van der Waals surface area contributed by atoms with E-state index in [1.54, 1.807) is 0 Å². The van der Waals surface area contributed by atoms with E-state index >= 15 is 0 Å². The number of hydrogen-bond acceptors (Lipinski definition) is 3. The van der Waals surface area contributed by atoms with Gasteiger partial charge in [-0.2, -0.15) is 0 Å². The Morgan fingerprint density at radius 3 is 2.62 bits per heavy atom. The highest BCUT2D eigenvalue weighted by atomic mass is 16.4. The summed E-state index contributed by atoms with van der Waals surface area (Å²) >= 11 is 0. The van der Waals surface area contributed by atoms with Crippen LogP contribution in [0.2, 0.25) is 0 Å². The summed E-state index contributed by atoms with van der Waals surface area (Å²) in [6, 6.07) is 0.789. The predicted octanol–water partition coefficient (Wildman–Crippen LogP) is 1.17. The smallest absolute Gasteiger partial charge is 0.308 e. The Kier molecular flexibility index (Phi) is 5.22. The van der Waals surface area contributed by atoms with E-state index in [4.69, 9.17) is 5.11 Å². The molecular weight excluding hydrogens is 204 g/mol. The Labute approximate surface area is 98.0 Å². The van der Waals surface area contributed by atoms with Crippen molar-refractivity contribution in [1.29, 1.82) is 0 Å². The van der Waals surface area contributed by atoms with Crippen LogP contribution < -0.4 is 5.32 Å². The van der Waals surface area contributed by atoms with E-state index in [0.29, 0.717) is 6.04 Å². The molecule has 16 heavy (non-hydrogen) atoms. The first-order valence-corrected chi connectivity index (χ1v) is 6.18. The van der Waals surface area contributed by atoms with Crippen LogP contribution in [0.15, 0.2) is 0 Å². The lowest BCUT2D eigenvalue weighted by molar-refractivity contribution is -0.146. The Morgan fingerprint density at radius 2 is 2.19 bits per heavy atom. The molecule has 2 atom stereocenters. The normalized spacial score (nSPS) is 24.8. The second-order valence-corrected chi connectivity index (χ2v) is 5.01. The van der Waals surface area contributed by atoms with Crippen molar-refractivity contribution >= 4 is 5.97 Å². The molecule has 1 rings (SSSR count). The highest BCUT2D eigenvalue weighted by molar-refractivity contribution is 5.72. The van der Waals surface area contributed by atoms with Gasteiger partial charge in [0.2, 0.25) is 0 Å². The quantitative estimate of drug-likeness (QED) is 0.642. The van der Waals surface area contributed by atoms with Gasteiger partial charge >= 0.3 is 5.97 Å². The van der Waals surface area contributed by atoms with Gasteiger partial charge in [0.1, 0.15) is 0 Å². The lowest BCUT2D eigenvalue weighted by atomic mass is 9.79. The van der Waals surface area contributed by atoms with Crippen LogP contribution in [0.5, 0.6) is 0 Å². The Balaban J connectivity index is 2.06. The third kappa shape index (κ3) is 3.76. The van der Waals surface area contributed by atoms with Gasteiger partial charge in [-0.3, -0.25) is 4.79 Å². The average Bonchev–Trinajstić information content (AvgIpc) is 2.13. The van der Waals surface area contributed by atoms with E-state index in [1.165, 1.54) is 0 Å². The maximum Gasteiger partial charge on any atom is 0.308 e. The molecule has 0 radical (unpaired) electrons. The minimum atomic E-state index is -0.650. The third-order valence-electron chi connectivity index (χ3n) is 3.57. The topological polar surface area (TPSA) is 52.6 Å². The number of nitrogens with one attached hydrogen (secondary N) is 1. The van der Waals surface area contributed by atoms with Gasteiger partial charge in [-0.15, -0.1) is 0 Å². The van der Waals surface area contributed by atoms with E-state index in [0.717, 1.165) is 32.4 Å². The monoisotopic (exact) mass is 228 g/mol. The molecule has 4 nitrogen and oxygen atoms in total. The number of carboxylic acids is 1. The first-order chi connectivity index (χ1) is 7.52. The standard InChI is InChI=1S/C12H24N2O2/c1-9(2)14(3)8-4-7-13-11-6-5-10(11)12(15)16/h9-11,13H,4-8H2,1-3H3,(H,15,16). The molecule has 0 aromatic rings. The second-order valence-electron chi connectivity index (χ2n) is 5.01. The number of rotatable bonds is 7. The van der Waals surface area contributed by atoms with Crippen molar-refractivity contribution in [3.05, 3.63) is 0 Å². The summed E-state index contributed by atoms with van der Waals surface area (Å²) in [7, 11) is 2.12. The molecule has 0 aliphatic heterocycles. The Bertz CT molecular complexity index is 231. The summed E-state index contributed by atoms with van der Waals surface area (Å²) in [5.74, 6) is -0.800. The summed E-state index contributed by atoms with van der Waals surface area (Å²) in [6.07, 6.45) is 2.92. The zero-order valence-electron chi connectivity index (χ0n) is 10.6. The molecule has 2 unspecified atom stereocenters. The largest absolute Gasteiger partial charge is 0.481 e. The number of nitrogens with zero attached hydrogens (tertiary/aromatic N) is 1. The summed E-state index contributed by atoms with van der Waals surface area (Å²) in [5.41, 5.74) is 0. The van der Waals surface area contributed by atoms with Crippen molar-refractivity contribution in [2.24, 2.45) is 5.92 Å². The molecule has 1 aliphatic carbocycles. The predicted molar refractivity (Wildman–Crippen MR) is 64.5 cm³/mol. The molecule has 2 N–H and O–H groups in total. The van der Waals surface area contributed by atoms with Crippen LogP contribution in [0.3, 0.4) is 0 Å². The van der Waals surface area contributed by atoms with Crippen molar-refractivity contribution in [3.63, 3.8) is 0 Å². The molecule has 0 saturated heterocycles. The lowest BCUT2D eigenvalue weighted by Crippen LogP contribution is -2.48. The van der Waals surface area contributed by atoms with Crippen LogP contribution in [0.4, 0.5) is 0 Å². The first-order valence-electron chi connectivity index (χ1n) is 6.18. The number of aliphatic carboxylic acids is 1. The maximum absolute atomic E-state index is 10.8. The van der Waals surface area contributed by atoms with Gasteiger partial charge in [-0.05, 0) is 53.2 Å². The molecule has 1 aliphatic rings. The average molecular weight is 228 g/mol. The molecule has 0 spiro atoms. The van der Waals surface area contributed by atoms with Gasteiger partial charge < -0.3 is 15.3 Å². The van der Waals surface area contributed by atoms with E-state index in [-0.39, 0.29) is 12.0 Å². The van der Waals surface area contributed by atoms with Gasteiger partial charge in [-0.25, -0.2) is 0 Å². The molecule has 94 valence electrons. The highest BCUT2D eigenvalue weighted by Gasteiger charge is 2.35. The minimum absolute atomic E-state index is 0.150. The van der Waals surface area contributed by atoms with Crippen molar-refractivity contribution in [2.45, 2.75) is 45.2 Å². The van der Waals surface area contributed by atoms with Gasteiger partial charge in [0.05, 0.1) is 5.92 Å². The van der Waals surface area contributed by atoms with E-state index in [1.807, 2.05) is 0 Å². The molecule has 0 aromatic heterocycles. The van der Waals surface area contributed by atoms with Crippen LogP contribution in [-0.2, 0) is 4.79 Å². The fourth-order valence-corrected chi connectivity index (χ4v) is 1.91. The van der Waals surface area contributed by atoms with Crippen LogP contribution in [0, 0.1) is 5.92 Å². The van der Waals surface area contributed by atoms with E-state index in [9.17, 15) is 4.79 Å². The van der Waals surface area contributed by atoms with E-state index in [2.05, 4.69) is 31.1 Å². The summed E-state index contributed by atoms with van der Waals surface area (Å²) in [5, 5.41) is 12.2. The van der Waals surface area contributed by atoms with Crippen LogP contribution in [0.1, 0.15) is 33.1 Å². The fraction of sp³-hybridized carbons (Fsp3) is 0.917. The second kappa shape index (κ2) is 6.21. The molecule has 4 heteroatoms. The number of carboxylic acid groups (broad SMARTS) is 1. The molecule has 1 saturated carbocycles. The van der Waals surface area contributed by atoms with Crippen LogP contribution in [-0.4, -0.2) is 48.2 Å². The lowest BCUT2D eigenvalue weighted by Gasteiger charge is -2.34. The zero-order valence-corrected chi connectivity index (χ0v) is 10.6. The van der Waals surface area contributed by atoms with Crippen LogP contribution >= 0.6 is 0 Å². The first kappa shape index (κ1) is 13.5. The van der Waals surface area contributed by atoms with Crippen molar-refractivity contribution in [3.8, 4) is 0 Å². The van der Waals surface area contributed by atoms with E-state index < -0.39 is 5.97 Å². The molecule has 0 heterocycles. The molecular formula is C12H24N2O2. The third-order valence-corrected chi connectivity index (χ3v) is 3.57. The molecule has 1 fully saturated rings. The van der Waals surface area contributed by atoms with Crippen molar-refractivity contribution in [2.75, 3.05) is 20.1 Å². The minimum Gasteiger partial charge on any atom is -0.481 e. The highest BCUT2D eigenvalue weighted by Crippen LogP contribution is 2.27. The molecule has 0 aromatic carbocycles. The molecule has 0 amide bonds. The van der Waals surface area contributed by atoms with Crippen molar-refractivity contribution in [1.82, 2.24) is 10.2 Å². The van der Waals surface area contributed by atoms with Gasteiger partial charge in [0.25, 0.3) is 0 Å². The van der Waals surface area contributed by atoms with Gasteiger partial charge in [0.15, 0.2) is 0 Å². The van der Waals surface area contributed by atoms with Crippen LogP contribution in [0.25, 0.3) is 0 Å². The number of hydrogen-bond donors (Lipinski definition) is 2. The summed E-state index contributed by atoms with van der Waals surface area (Å²) in [4.78, 5) is 13.1. The van der Waals surface area contributed by atoms with Gasteiger partial charge in [-0.1, -0.05) is 0 Å². The Hall–Kier alpha value is -0.610. The number of carbonyl (C=O) groups is 1. The van der Waals surface area contributed by atoms with Gasteiger partial charge in [0, 0.05) is 12.1 Å². The summed E-state index contributed by atoms with van der Waals surface area (Å²) in [6.45, 7) is 6.35. The molecule has 0 bridgehead atoms. The van der Waals surface area contributed by atoms with Crippen molar-refractivity contribution < 1.29 is 9.90 Å². The fourth-order valence-electron chi connectivity index (χ4n) is 1.91. The SMILES string of the molecule is CC(C)N(C)CCCNC1CCC1C(=O)O. The maximum atomic E-state index is 10.8. The Morgan fingerprint density at radius 1 is 1.50 bits per heavy atom.